The topological polar surface area (TPSA) is 54.4 Å². The Morgan fingerprint density at radius 2 is 2.08 bits per heavy atom. The molecule has 3 aliphatic rings. The van der Waals surface area contributed by atoms with E-state index in [4.69, 9.17) is 5.11 Å². The van der Waals surface area contributed by atoms with E-state index < -0.39 is 5.97 Å². The molecule has 1 N–H and O–H groups in total. The average Bonchev–Trinajstić information content (AvgIpc) is 2.88. The van der Waals surface area contributed by atoms with Crippen LogP contribution in [0.4, 0.5) is 0 Å². The molecule has 24 heavy (non-hydrogen) atoms. The molecule has 3 heteroatoms. The molecule has 0 saturated heterocycles. The summed E-state index contributed by atoms with van der Waals surface area (Å²) in [6, 6.07) is 6.61. The summed E-state index contributed by atoms with van der Waals surface area (Å²) in [4.78, 5) is 23.2. The summed E-state index contributed by atoms with van der Waals surface area (Å²) >= 11 is 0. The highest BCUT2D eigenvalue weighted by atomic mass is 16.4. The molecule has 0 aromatic heterocycles. The molecular weight excluding hydrogens is 300 g/mol. The summed E-state index contributed by atoms with van der Waals surface area (Å²) in [6.45, 7) is 2.22. The van der Waals surface area contributed by atoms with Crippen LogP contribution in [0, 0.1) is 17.3 Å². The monoisotopic (exact) mass is 326 g/mol. The Hall–Kier alpha value is -1.64. The van der Waals surface area contributed by atoms with Crippen LogP contribution in [-0.4, -0.2) is 16.9 Å². The first-order valence-corrected chi connectivity index (χ1v) is 9.36. The molecule has 0 spiro atoms. The fourth-order valence-electron chi connectivity index (χ4n) is 5.81. The maximum atomic E-state index is 12.4. The number of hydrogen-bond acceptors (Lipinski definition) is 2. The van der Waals surface area contributed by atoms with Crippen molar-refractivity contribution < 1.29 is 14.7 Å². The van der Waals surface area contributed by atoms with Gasteiger partial charge in [0.15, 0.2) is 0 Å². The summed E-state index contributed by atoms with van der Waals surface area (Å²) in [6.07, 6.45) is 7.13. The van der Waals surface area contributed by atoms with E-state index in [-0.39, 0.29) is 11.8 Å². The van der Waals surface area contributed by atoms with Gasteiger partial charge in [0.1, 0.15) is 5.78 Å². The molecule has 2 saturated carbocycles. The summed E-state index contributed by atoms with van der Waals surface area (Å²) < 4.78 is 0. The smallest absolute Gasteiger partial charge is 0.303 e. The zero-order valence-corrected chi connectivity index (χ0v) is 14.4. The number of carbonyl (C=O) groups is 2. The Labute approximate surface area is 143 Å². The van der Waals surface area contributed by atoms with Crippen LogP contribution in [0.25, 0.3) is 0 Å². The second-order valence-corrected chi connectivity index (χ2v) is 8.26. The highest BCUT2D eigenvalue weighted by Gasteiger charge is 2.54. The summed E-state index contributed by atoms with van der Waals surface area (Å²) in [7, 11) is 0. The molecule has 3 unspecified atom stereocenters. The number of rotatable bonds is 3. The van der Waals surface area contributed by atoms with Crippen molar-refractivity contribution in [2.24, 2.45) is 17.3 Å². The number of Topliss-reactive ketones (excluding diaryl/α,β-unsaturated/α-hetero) is 1. The van der Waals surface area contributed by atoms with Gasteiger partial charge >= 0.3 is 5.97 Å². The molecule has 128 valence electrons. The number of carbonyl (C=O) groups excluding carboxylic acids is 1. The molecule has 1 aromatic carbocycles. The standard InChI is InChI=1S/C21H26O3/c1-21-11-10-16-15-5-2-13(3-9-20(23)24)12-14(15)4-6-17(16)18(21)7-8-19(21)22/h2,5,12,16-18H,3-4,6-11H2,1H3,(H,23,24)/t16?,17?,18?,21-/m0/s1. The second-order valence-electron chi connectivity index (χ2n) is 8.26. The molecule has 0 heterocycles. The average molecular weight is 326 g/mol. The van der Waals surface area contributed by atoms with E-state index in [9.17, 15) is 9.59 Å². The van der Waals surface area contributed by atoms with Crippen LogP contribution in [0.3, 0.4) is 0 Å². The summed E-state index contributed by atoms with van der Waals surface area (Å²) in [5.74, 6) is 1.61. The van der Waals surface area contributed by atoms with Crippen molar-refractivity contribution in [2.75, 3.05) is 0 Å². The van der Waals surface area contributed by atoms with E-state index in [1.807, 2.05) is 0 Å². The first kappa shape index (κ1) is 15.9. The number of fused-ring (bicyclic) bond motifs is 5. The Bertz CT molecular complexity index is 692. The molecular formula is C21H26O3. The minimum atomic E-state index is -0.731. The van der Waals surface area contributed by atoms with E-state index in [0.29, 0.717) is 30.0 Å². The van der Waals surface area contributed by atoms with Crippen LogP contribution >= 0.6 is 0 Å². The van der Waals surface area contributed by atoms with Gasteiger partial charge < -0.3 is 5.11 Å². The van der Waals surface area contributed by atoms with Gasteiger partial charge in [0.25, 0.3) is 0 Å². The number of aryl methyl sites for hydroxylation is 2. The number of carboxylic acid groups (broad SMARTS) is 1. The van der Waals surface area contributed by atoms with Gasteiger partial charge in [0.2, 0.25) is 0 Å². The van der Waals surface area contributed by atoms with Crippen molar-refractivity contribution in [3.63, 3.8) is 0 Å². The lowest BCUT2D eigenvalue weighted by Gasteiger charge is -2.48. The van der Waals surface area contributed by atoms with E-state index >= 15 is 0 Å². The third-order valence-corrected chi connectivity index (χ3v) is 7.13. The maximum Gasteiger partial charge on any atom is 0.303 e. The quantitative estimate of drug-likeness (QED) is 0.908. The Balaban J connectivity index is 1.59. The van der Waals surface area contributed by atoms with Gasteiger partial charge in [-0.05, 0) is 73.0 Å². The lowest BCUT2D eigenvalue weighted by atomic mass is 9.55. The Morgan fingerprint density at radius 1 is 1.25 bits per heavy atom. The van der Waals surface area contributed by atoms with Crippen LogP contribution in [0.15, 0.2) is 18.2 Å². The van der Waals surface area contributed by atoms with Crippen molar-refractivity contribution in [1.29, 1.82) is 0 Å². The third-order valence-electron chi connectivity index (χ3n) is 7.13. The van der Waals surface area contributed by atoms with E-state index in [1.165, 1.54) is 17.5 Å². The maximum absolute atomic E-state index is 12.4. The van der Waals surface area contributed by atoms with Gasteiger partial charge in [-0.25, -0.2) is 0 Å². The first-order chi connectivity index (χ1) is 11.5. The van der Waals surface area contributed by atoms with Crippen LogP contribution in [0.1, 0.15) is 68.1 Å². The molecule has 0 radical (unpaired) electrons. The highest BCUT2D eigenvalue weighted by Crippen LogP contribution is 2.59. The number of benzene rings is 1. The Kier molecular flexibility index (Phi) is 3.78. The van der Waals surface area contributed by atoms with E-state index in [2.05, 4.69) is 25.1 Å². The normalized spacial score (nSPS) is 34.4. The van der Waals surface area contributed by atoms with Crippen molar-refractivity contribution in [2.45, 2.75) is 64.2 Å². The van der Waals surface area contributed by atoms with Crippen LogP contribution in [0.5, 0.6) is 0 Å². The minimum absolute atomic E-state index is 0.0555. The molecule has 4 atom stereocenters. The molecule has 4 rings (SSSR count). The fourth-order valence-corrected chi connectivity index (χ4v) is 5.81. The first-order valence-electron chi connectivity index (χ1n) is 9.36. The van der Waals surface area contributed by atoms with Gasteiger partial charge in [0.05, 0.1) is 0 Å². The van der Waals surface area contributed by atoms with Gasteiger partial charge in [-0.2, -0.15) is 0 Å². The van der Waals surface area contributed by atoms with Crippen molar-refractivity contribution in [3.05, 3.63) is 34.9 Å². The van der Waals surface area contributed by atoms with Crippen LogP contribution < -0.4 is 0 Å². The van der Waals surface area contributed by atoms with Gasteiger partial charge in [-0.3, -0.25) is 9.59 Å². The largest absolute Gasteiger partial charge is 0.481 e. The van der Waals surface area contributed by atoms with Gasteiger partial charge in [-0.1, -0.05) is 25.1 Å². The lowest BCUT2D eigenvalue weighted by molar-refractivity contribution is -0.137. The van der Waals surface area contributed by atoms with Gasteiger partial charge in [-0.15, -0.1) is 0 Å². The number of aliphatic carboxylic acids is 1. The molecule has 2 fully saturated rings. The Morgan fingerprint density at radius 3 is 2.88 bits per heavy atom. The van der Waals surface area contributed by atoms with Crippen LogP contribution in [0.2, 0.25) is 0 Å². The zero-order valence-electron chi connectivity index (χ0n) is 14.4. The molecule has 0 bridgehead atoms. The van der Waals surface area contributed by atoms with Crippen molar-refractivity contribution >= 4 is 11.8 Å². The van der Waals surface area contributed by atoms with E-state index in [1.54, 1.807) is 0 Å². The van der Waals surface area contributed by atoms with Crippen molar-refractivity contribution in [3.8, 4) is 0 Å². The number of hydrogen-bond donors (Lipinski definition) is 1. The number of ketones is 1. The second kappa shape index (κ2) is 5.72. The van der Waals surface area contributed by atoms with Crippen molar-refractivity contribution in [1.82, 2.24) is 0 Å². The predicted molar refractivity (Wildman–Crippen MR) is 92.0 cm³/mol. The zero-order chi connectivity index (χ0) is 16.9. The molecule has 3 nitrogen and oxygen atoms in total. The lowest BCUT2D eigenvalue weighted by Crippen LogP contribution is -2.42. The van der Waals surface area contributed by atoms with E-state index in [0.717, 1.165) is 37.7 Å². The number of carboxylic acids is 1. The summed E-state index contributed by atoms with van der Waals surface area (Å²) in [5.41, 5.74) is 3.99. The molecule has 3 aliphatic carbocycles. The third kappa shape index (κ3) is 2.40. The fraction of sp³-hybridized carbons (Fsp3) is 0.619. The molecule has 1 aromatic rings. The predicted octanol–water partition coefficient (Wildman–Crippen LogP) is 4.13. The minimum Gasteiger partial charge on any atom is -0.481 e. The van der Waals surface area contributed by atoms with Crippen LogP contribution in [-0.2, 0) is 22.4 Å². The molecule has 0 amide bonds. The summed E-state index contributed by atoms with van der Waals surface area (Å²) in [5, 5.41) is 8.87. The SMILES string of the molecule is C[C@]12CCC3c4ccc(CCC(=O)O)cc4CCC3C1CCC2=O. The highest BCUT2D eigenvalue weighted by molar-refractivity contribution is 5.87. The van der Waals surface area contributed by atoms with Gasteiger partial charge in [0, 0.05) is 18.3 Å². The molecule has 0 aliphatic heterocycles.